The third-order valence-corrected chi connectivity index (χ3v) is 6.78. The molecule has 2 aromatic carbocycles. The third kappa shape index (κ3) is 4.26. The van der Waals surface area contributed by atoms with E-state index < -0.39 is 9.84 Å². The van der Waals surface area contributed by atoms with Crippen LogP contribution in [0.5, 0.6) is 5.75 Å². The number of nitrogens with one attached hydrogen (secondary N) is 1. The number of hydrogen-bond acceptors (Lipinski definition) is 5. The molecule has 31 heavy (non-hydrogen) atoms. The lowest BCUT2D eigenvalue weighted by Crippen LogP contribution is -2.23. The molecular formula is C22H18ClN3O4S. The number of sulfone groups is 1. The predicted octanol–water partition coefficient (Wildman–Crippen LogP) is 3.76. The maximum absolute atomic E-state index is 13.0. The van der Waals surface area contributed by atoms with Crippen molar-refractivity contribution < 1.29 is 17.9 Å². The van der Waals surface area contributed by atoms with Gasteiger partial charge in [0.1, 0.15) is 16.3 Å². The molecule has 2 heterocycles. The van der Waals surface area contributed by atoms with E-state index in [9.17, 15) is 13.2 Å². The number of carbonyl (C=O) groups is 1. The maximum Gasteiger partial charge on any atom is 0.253 e. The summed E-state index contributed by atoms with van der Waals surface area (Å²) in [5.41, 5.74) is 2.01. The second-order valence-electron chi connectivity index (χ2n) is 6.74. The van der Waals surface area contributed by atoms with Crippen LogP contribution in [0.15, 0.2) is 83.0 Å². The normalized spacial score (nSPS) is 11.4. The minimum Gasteiger partial charge on any atom is -0.495 e. The molecule has 9 heteroatoms. The Kier molecular flexibility index (Phi) is 5.67. The van der Waals surface area contributed by atoms with Gasteiger partial charge in [0.25, 0.3) is 5.91 Å². The van der Waals surface area contributed by atoms with Crippen molar-refractivity contribution in [3.8, 4) is 5.75 Å². The molecule has 0 saturated carbocycles. The van der Waals surface area contributed by atoms with Gasteiger partial charge in [0.15, 0.2) is 0 Å². The number of rotatable bonds is 6. The van der Waals surface area contributed by atoms with E-state index in [1.54, 1.807) is 53.3 Å². The van der Waals surface area contributed by atoms with Crippen LogP contribution in [0.3, 0.4) is 0 Å². The van der Waals surface area contributed by atoms with Crippen molar-refractivity contribution in [2.75, 3.05) is 7.11 Å². The highest BCUT2D eigenvalue weighted by Gasteiger charge is 2.22. The van der Waals surface area contributed by atoms with Gasteiger partial charge in [-0.05, 0) is 48.0 Å². The standard InChI is InChI=1S/C22H18ClN3O4S/c1-30-19-8-5-17(23)12-20(19)31(28,29)18-6-2-15(3-7-18)13-25-22(27)16-4-9-21-24-10-11-26(21)14-16/h2-12,14H,13H2,1H3,(H,25,27). The largest absolute Gasteiger partial charge is 0.495 e. The summed E-state index contributed by atoms with van der Waals surface area (Å²) >= 11 is 5.97. The number of fused-ring (bicyclic) bond motifs is 1. The highest BCUT2D eigenvalue weighted by atomic mass is 35.5. The monoisotopic (exact) mass is 455 g/mol. The fraction of sp³-hybridized carbons (Fsp3) is 0.0909. The van der Waals surface area contributed by atoms with Gasteiger partial charge in [-0.1, -0.05) is 23.7 Å². The zero-order valence-corrected chi connectivity index (χ0v) is 18.0. The minimum atomic E-state index is -3.82. The summed E-state index contributed by atoms with van der Waals surface area (Å²) in [7, 11) is -2.41. The second kappa shape index (κ2) is 8.41. The lowest BCUT2D eigenvalue weighted by Gasteiger charge is -2.11. The smallest absolute Gasteiger partial charge is 0.253 e. The van der Waals surface area contributed by atoms with Crippen LogP contribution in [0.2, 0.25) is 5.02 Å². The van der Waals surface area contributed by atoms with E-state index in [-0.39, 0.29) is 28.0 Å². The molecular weight excluding hydrogens is 438 g/mol. The summed E-state index contributed by atoms with van der Waals surface area (Å²) in [6.07, 6.45) is 5.12. The molecule has 4 rings (SSSR count). The van der Waals surface area contributed by atoms with E-state index in [1.807, 2.05) is 0 Å². The Morgan fingerprint density at radius 2 is 1.90 bits per heavy atom. The molecule has 0 unspecified atom stereocenters. The lowest BCUT2D eigenvalue weighted by molar-refractivity contribution is 0.0950. The SMILES string of the molecule is COc1ccc(Cl)cc1S(=O)(=O)c1ccc(CNC(=O)c2ccc3nccn3c2)cc1. The first-order valence-corrected chi connectivity index (χ1v) is 11.1. The fourth-order valence-corrected chi connectivity index (χ4v) is 4.80. The summed E-state index contributed by atoms with van der Waals surface area (Å²) in [4.78, 5) is 16.7. The lowest BCUT2D eigenvalue weighted by atomic mass is 10.2. The molecule has 0 spiro atoms. The first kappa shape index (κ1) is 20.9. The number of benzene rings is 2. The van der Waals surface area contributed by atoms with E-state index in [2.05, 4.69) is 10.3 Å². The Balaban J connectivity index is 1.49. The molecule has 0 aliphatic rings. The van der Waals surface area contributed by atoms with E-state index in [0.717, 1.165) is 11.2 Å². The Morgan fingerprint density at radius 3 is 2.65 bits per heavy atom. The van der Waals surface area contributed by atoms with Crippen LogP contribution in [0.25, 0.3) is 5.65 Å². The van der Waals surface area contributed by atoms with Gasteiger partial charge in [-0.3, -0.25) is 4.79 Å². The van der Waals surface area contributed by atoms with Gasteiger partial charge in [0.05, 0.1) is 17.6 Å². The molecule has 0 saturated heterocycles. The molecule has 2 aromatic heterocycles. The topological polar surface area (TPSA) is 89.8 Å². The molecule has 1 amide bonds. The summed E-state index contributed by atoms with van der Waals surface area (Å²) < 4.78 is 32.9. The van der Waals surface area contributed by atoms with Crippen molar-refractivity contribution in [2.24, 2.45) is 0 Å². The molecule has 0 radical (unpaired) electrons. The van der Waals surface area contributed by atoms with Crippen molar-refractivity contribution in [3.05, 3.63) is 89.3 Å². The Hall–Kier alpha value is -3.36. The average Bonchev–Trinajstić information content (AvgIpc) is 3.25. The van der Waals surface area contributed by atoms with Gasteiger partial charge in [-0.2, -0.15) is 0 Å². The second-order valence-corrected chi connectivity index (χ2v) is 9.09. The minimum absolute atomic E-state index is 0.00144. The van der Waals surface area contributed by atoms with Crippen LogP contribution >= 0.6 is 11.6 Å². The molecule has 4 aromatic rings. The number of pyridine rings is 1. The number of aromatic nitrogens is 2. The van der Waals surface area contributed by atoms with Crippen molar-refractivity contribution >= 4 is 33.0 Å². The number of nitrogens with zero attached hydrogens (tertiary/aromatic N) is 2. The molecule has 7 nitrogen and oxygen atoms in total. The van der Waals surface area contributed by atoms with Gasteiger partial charge in [-0.15, -0.1) is 0 Å². The number of ether oxygens (including phenoxy) is 1. The highest BCUT2D eigenvalue weighted by Crippen LogP contribution is 2.31. The van der Waals surface area contributed by atoms with Gasteiger partial charge in [-0.25, -0.2) is 13.4 Å². The van der Waals surface area contributed by atoms with E-state index in [1.165, 1.54) is 31.4 Å². The third-order valence-electron chi connectivity index (χ3n) is 4.75. The summed E-state index contributed by atoms with van der Waals surface area (Å²) in [6.45, 7) is 0.252. The van der Waals surface area contributed by atoms with Crippen LogP contribution in [-0.2, 0) is 16.4 Å². The number of imidazole rings is 1. The molecule has 0 aliphatic carbocycles. The van der Waals surface area contributed by atoms with Gasteiger partial charge < -0.3 is 14.5 Å². The zero-order valence-electron chi connectivity index (χ0n) is 16.4. The number of amides is 1. The number of halogens is 1. The Bertz CT molecular complexity index is 1370. The van der Waals surface area contributed by atoms with E-state index in [0.29, 0.717) is 10.6 Å². The predicted molar refractivity (Wildman–Crippen MR) is 116 cm³/mol. The van der Waals surface area contributed by atoms with Crippen LogP contribution in [0.4, 0.5) is 0 Å². The van der Waals surface area contributed by atoms with Crippen LogP contribution in [0, 0.1) is 0 Å². The number of carbonyl (C=O) groups excluding carboxylic acids is 1. The van der Waals surface area contributed by atoms with Crippen LogP contribution in [-0.4, -0.2) is 30.8 Å². The first-order valence-electron chi connectivity index (χ1n) is 9.27. The summed E-state index contributed by atoms with van der Waals surface area (Å²) in [6, 6.07) is 14.2. The molecule has 0 aliphatic heterocycles. The molecule has 0 atom stereocenters. The fourth-order valence-electron chi connectivity index (χ4n) is 3.11. The van der Waals surface area contributed by atoms with Gasteiger partial charge in [0, 0.05) is 30.2 Å². The van der Waals surface area contributed by atoms with Crippen molar-refractivity contribution in [1.82, 2.24) is 14.7 Å². The van der Waals surface area contributed by atoms with Crippen LogP contribution < -0.4 is 10.1 Å². The van der Waals surface area contributed by atoms with Crippen LogP contribution in [0.1, 0.15) is 15.9 Å². The summed E-state index contributed by atoms with van der Waals surface area (Å²) in [5.74, 6) is -0.0217. The molecule has 1 N–H and O–H groups in total. The average molecular weight is 456 g/mol. The van der Waals surface area contributed by atoms with Gasteiger partial charge >= 0.3 is 0 Å². The Labute approximate surface area is 184 Å². The van der Waals surface area contributed by atoms with Crippen molar-refractivity contribution in [3.63, 3.8) is 0 Å². The molecule has 158 valence electrons. The molecule has 0 fully saturated rings. The summed E-state index contributed by atoms with van der Waals surface area (Å²) in [5, 5.41) is 3.13. The maximum atomic E-state index is 13.0. The van der Waals surface area contributed by atoms with E-state index in [4.69, 9.17) is 16.3 Å². The number of hydrogen-bond donors (Lipinski definition) is 1. The number of methoxy groups -OCH3 is 1. The van der Waals surface area contributed by atoms with E-state index >= 15 is 0 Å². The Morgan fingerprint density at radius 1 is 1.13 bits per heavy atom. The van der Waals surface area contributed by atoms with Crippen molar-refractivity contribution in [1.29, 1.82) is 0 Å². The zero-order chi connectivity index (χ0) is 22.0. The quantitative estimate of drug-likeness (QED) is 0.478. The van der Waals surface area contributed by atoms with Crippen molar-refractivity contribution in [2.45, 2.75) is 16.3 Å². The molecule has 0 bridgehead atoms. The van der Waals surface area contributed by atoms with Gasteiger partial charge in [0.2, 0.25) is 9.84 Å². The highest BCUT2D eigenvalue weighted by molar-refractivity contribution is 7.91. The first-order chi connectivity index (χ1) is 14.9.